The lowest BCUT2D eigenvalue weighted by molar-refractivity contribution is -0.128. The quantitative estimate of drug-likeness (QED) is 0.689. The third kappa shape index (κ3) is 5.40. The number of halogens is 2. The lowest BCUT2D eigenvalue weighted by Crippen LogP contribution is -2.57. The van der Waals surface area contributed by atoms with Crippen LogP contribution >= 0.6 is 0 Å². The van der Waals surface area contributed by atoms with Gasteiger partial charge in [-0.3, -0.25) is 14.5 Å². The van der Waals surface area contributed by atoms with Crippen LogP contribution in [-0.2, 0) is 4.79 Å². The van der Waals surface area contributed by atoms with Gasteiger partial charge in [-0.1, -0.05) is 24.4 Å². The van der Waals surface area contributed by atoms with Crippen LogP contribution in [0.15, 0.2) is 28.8 Å². The van der Waals surface area contributed by atoms with Crippen LogP contribution in [0.2, 0.25) is 0 Å². The van der Waals surface area contributed by atoms with E-state index in [9.17, 15) is 18.4 Å². The summed E-state index contributed by atoms with van der Waals surface area (Å²) in [5.74, 6) is -2.40. The van der Waals surface area contributed by atoms with Crippen molar-refractivity contribution in [2.45, 2.75) is 57.5 Å². The van der Waals surface area contributed by atoms with E-state index in [-0.39, 0.29) is 34.9 Å². The Morgan fingerprint density at radius 2 is 1.94 bits per heavy atom. The summed E-state index contributed by atoms with van der Waals surface area (Å²) in [4.78, 5) is 28.1. The minimum absolute atomic E-state index is 0.0157. The molecule has 1 aliphatic carbocycles. The van der Waals surface area contributed by atoms with Crippen molar-refractivity contribution in [3.8, 4) is 11.3 Å². The number of hydrogen-bond donors (Lipinski definition) is 2. The molecule has 2 atom stereocenters. The number of aromatic nitrogens is 1. The van der Waals surface area contributed by atoms with Crippen molar-refractivity contribution in [1.82, 2.24) is 20.7 Å². The standard InChI is InChI=1S/C24H30F2N4O3/c1-2-27-23(31)18-14-30(16-6-4-3-5-7-16)11-10-20(18)28-24(32)21-13-22(33-29-21)17-9-8-15(25)12-19(17)26/h8-9,12-13,16,18,20H,2-7,10-11,14H2,1H3,(H,27,31)(H,28,32)/t18-,20-/m0/s1. The van der Waals surface area contributed by atoms with Gasteiger partial charge in [-0.2, -0.15) is 0 Å². The van der Waals surface area contributed by atoms with Gasteiger partial charge in [0.1, 0.15) is 11.6 Å². The van der Waals surface area contributed by atoms with E-state index >= 15 is 0 Å². The number of carbonyl (C=O) groups excluding carboxylic acids is 2. The van der Waals surface area contributed by atoms with E-state index in [0.717, 1.165) is 31.5 Å². The molecule has 9 heteroatoms. The number of nitrogens with one attached hydrogen (secondary N) is 2. The van der Waals surface area contributed by atoms with E-state index in [1.165, 1.54) is 31.4 Å². The van der Waals surface area contributed by atoms with Crippen molar-refractivity contribution in [3.63, 3.8) is 0 Å². The molecule has 2 N–H and O–H groups in total. The molecule has 2 heterocycles. The van der Waals surface area contributed by atoms with Gasteiger partial charge in [0.05, 0.1) is 11.5 Å². The topological polar surface area (TPSA) is 87.5 Å². The van der Waals surface area contributed by atoms with Crippen molar-refractivity contribution < 1.29 is 22.9 Å². The summed E-state index contributed by atoms with van der Waals surface area (Å²) in [7, 11) is 0. The predicted octanol–water partition coefficient (Wildman–Crippen LogP) is 3.51. The zero-order chi connectivity index (χ0) is 23.4. The third-order valence-electron chi connectivity index (χ3n) is 6.68. The Labute approximate surface area is 191 Å². The molecule has 2 fully saturated rings. The van der Waals surface area contributed by atoms with Crippen LogP contribution in [0.1, 0.15) is 55.9 Å². The molecule has 4 rings (SSSR count). The van der Waals surface area contributed by atoms with Gasteiger partial charge < -0.3 is 15.2 Å². The molecule has 33 heavy (non-hydrogen) atoms. The molecule has 7 nitrogen and oxygen atoms in total. The highest BCUT2D eigenvalue weighted by atomic mass is 19.1. The van der Waals surface area contributed by atoms with E-state index in [0.29, 0.717) is 25.6 Å². The van der Waals surface area contributed by atoms with E-state index < -0.39 is 17.5 Å². The summed E-state index contributed by atoms with van der Waals surface area (Å²) >= 11 is 0. The maximum Gasteiger partial charge on any atom is 0.273 e. The zero-order valence-electron chi connectivity index (χ0n) is 18.8. The molecular weight excluding hydrogens is 430 g/mol. The minimum atomic E-state index is -0.801. The van der Waals surface area contributed by atoms with Crippen LogP contribution in [-0.4, -0.2) is 53.6 Å². The van der Waals surface area contributed by atoms with Gasteiger partial charge in [0.2, 0.25) is 5.91 Å². The Morgan fingerprint density at radius 1 is 1.15 bits per heavy atom. The molecule has 1 saturated heterocycles. The van der Waals surface area contributed by atoms with Crippen LogP contribution in [0.3, 0.4) is 0 Å². The average Bonchev–Trinajstić information content (AvgIpc) is 3.30. The number of piperidine rings is 1. The molecule has 0 radical (unpaired) electrons. The van der Waals surface area contributed by atoms with Crippen LogP contribution in [0, 0.1) is 17.6 Å². The van der Waals surface area contributed by atoms with Gasteiger partial charge in [0.15, 0.2) is 11.5 Å². The molecule has 2 amide bonds. The van der Waals surface area contributed by atoms with Gasteiger partial charge in [0, 0.05) is 43.9 Å². The number of benzene rings is 1. The van der Waals surface area contributed by atoms with Gasteiger partial charge in [0.25, 0.3) is 5.91 Å². The van der Waals surface area contributed by atoms with Crippen LogP contribution < -0.4 is 10.6 Å². The van der Waals surface area contributed by atoms with Crippen LogP contribution in [0.4, 0.5) is 8.78 Å². The predicted molar refractivity (Wildman–Crippen MR) is 118 cm³/mol. The SMILES string of the molecule is CCNC(=O)[C@H]1CN(C2CCCCC2)CC[C@@H]1NC(=O)c1cc(-c2ccc(F)cc2F)on1. The number of rotatable bonds is 6. The normalized spacial score (nSPS) is 22.2. The maximum absolute atomic E-state index is 14.0. The van der Waals surface area contributed by atoms with E-state index in [1.807, 2.05) is 6.92 Å². The Bertz CT molecular complexity index is 990. The zero-order valence-corrected chi connectivity index (χ0v) is 18.8. The van der Waals surface area contributed by atoms with Gasteiger partial charge in [-0.25, -0.2) is 8.78 Å². The van der Waals surface area contributed by atoms with Crippen molar-refractivity contribution >= 4 is 11.8 Å². The maximum atomic E-state index is 14.0. The molecule has 0 spiro atoms. The number of amides is 2. The molecular formula is C24H30F2N4O3. The molecule has 1 aromatic carbocycles. The Hall–Kier alpha value is -2.81. The first kappa shape index (κ1) is 23.4. The summed E-state index contributed by atoms with van der Waals surface area (Å²) < 4.78 is 32.3. The number of likely N-dealkylation sites (tertiary alicyclic amines) is 1. The van der Waals surface area contributed by atoms with Crippen molar-refractivity contribution in [1.29, 1.82) is 0 Å². The largest absolute Gasteiger partial charge is 0.356 e. The van der Waals surface area contributed by atoms with Crippen molar-refractivity contribution in [2.75, 3.05) is 19.6 Å². The Kier molecular flexibility index (Phi) is 7.37. The molecule has 2 aromatic rings. The highest BCUT2D eigenvalue weighted by molar-refractivity contribution is 5.94. The number of nitrogens with zero attached hydrogens (tertiary/aromatic N) is 2. The number of carbonyl (C=O) groups is 2. The second-order valence-corrected chi connectivity index (χ2v) is 8.86. The summed E-state index contributed by atoms with van der Waals surface area (Å²) in [5, 5.41) is 9.59. The van der Waals surface area contributed by atoms with E-state index in [1.54, 1.807) is 0 Å². The molecule has 0 unspecified atom stereocenters. The fraction of sp³-hybridized carbons (Fsp3) is 0.542. The lowest BCUT2D eigenvalue weighted by Gasteiger charge is -2.43. The van der Waals surface area contributed by atoms with Crippen LogP contribution in [0.5, 0.6) is 0 Å². The van der Waals surface area contributed by atoms with E-state index in [2.05, 4.69) is 20.7 Å². The molecule has 1 aliphatic heterocycles. The van der Waals surface area contributed by atoms with Crippen molar-refractivity contribution in [2.24, 2.45) is 5.92 Å². The first-order chi connectivity index (χ1) is 16.0. The first-order valence-electron chi connectivity index (χ1n) is 11.7. The highest BCUT2D eigenvalue weighted by Gasteiger charge is 2.38. The molecule has 1 aromatic heterocycles. The summed E-state index contributed by atoms with van der Waals surface area (Å²) in [6, 6.07) is 4.57. The third-order valence-corrected chi connectivity index (χ3v) is 6.68. The molecule has 2 aliphatic rings. The summed E-state index contributed by atoms with van der Waals surface area (Å²) in [6.07, 6.45) is 6.67. The van der Waals surface area contributed by atoms with Crippen molar-refractivity contribution in [3.05, 3.63) is 41.6 Å². The second kappa shape index (κ2) is 10.4. The lowest BCUT2D eigenvalue weighted by atomic mass is 9.87. The molecule has 0 bridgehead atoms. The highest BCUT2D eigenvalue weighted by Crippen LogP contribution is 2.28. The Balaban J connectivity index is 1.45. The Morgan fingerprint density at radius 3 is 2.67 bits per heavy atom. The average molecular weight is 461 g/mol. The fourth-order valence-corrected chi connectivity index (χ4v) is 4.94. The summed E-state index contributed by atoms with van der Waals surface area (Å²) in [6.45, 7) is 3.82. The van der Waals surface area contributed by atoms with Crippen LogP contribution in [0.25, 0.3) is 11.3 Å². The minimum Gasteiger partial charge on any atom is -0.356 e. The second-order valence-electron chi connectivity index (χ2n) is 8.86. The smallest absolute Gasteiger partial charge is 0.273 e. The first-order valence-corrected chi connectivity index (χ1v) is 11.7. The van der Waals surface area contributed by atoms with Gasteiger partial charge in [-0.05, 0) is 38.3 Å². The summed E-state index contributed by atoms with van der Waals surface area (Å²) in [5.41, 5.74) is 0.00188. The fourth-order valence-electron chi connectivity index (χ4n) is 4.94. The van der Waals surface area contributed by atoms with Gasteiger partial charge >= 0.3 is 0 Å². The molecule has 1 saturated carbocycles. The number of hydrogen-bond acceptors (Lipinski definition) is 5. The monoisotopic (exact) mass is 460 g/mol. The van der Waals surface area contributed by atoms with E-state index in [4.69, 9.17) is 4.52 Å². The molecule has 178 valence electrons. The van der Waals surface area contributed by atoms with Gasteiger partial charge in [-0.15, -0.1) is 0 Å².